The van der Waals surface area contributed by atoms with Gasteiger partial charge in [0.2, 0.25) is 0 Å². The van der Waals surface area contributed by atoms with E-state index in [9.17, 15) is 4.79 Å². The first-order valence-electron chi connectivity index (χ1n) is 7.11. The zero-order valence-electron chi connectivity index (χ0n) is 12.7. The lowest BCUT2D eigenvalue weighted by Gasteiger charge is -2.23. The number of nitrogen functional groups attached to an aromatic ring is 1. The van der Waals surface area contributed by atoms with Crippen LogP contribution in [0, 0.1) is 0 Å². The molecule has 1 fully saturated rings. The number of amides is 1. The molecule has 1 aliphatic rings. The molecule has 0 bridgehead atoms. The molecule has 0 unspecified atom stereocenters. The second-order valence-electron chi connectivity index (χ2n) is 5.41. The third kappa shape index (κ3) is 5.84. The Kier molecular flexibility index (Phi) is 9.85. The number of halogens is 3. The summed E-state index contributed by atoms with van der Waals surface area (Å²) in [5.74, 6) is -0.144. The summed E-state index contributed by atoms with van der Waals surface area (Å²) < 4.78 is 0. The molecule has 1 aliphatic carbocycles. The van der Waals surface area contributed by atoms with Gasteiger partial charge >= 0.3 is 0 Å². The number of rotatable bonds is 5. The predicted molar refractivity (Wildman–Crippen MR) is 97.6 cm³/mol. The van der Waals surface area contributed by atoms with Crippen molar-refractivity contribution in [3.05, 3.63) is 28.8 Å². The molecule has 1 aromatic carbocycles. The molecule has 0 saturated heterocycles. The fourth-order valence-corrected chi connectivity index (χ4v) is 2.96. The van der Waals surface area contributed by atoms with Crippen LogP contribution in [0.2, 0.25) is 5.02 Å². The third-order valence-electron chi connectivity index (χ3n) is 3.94. The minimum atomic E-state index is -0.144. The van der Waals surface area contributed by atoms with Gasteiger partial charge in [0, 0.05) is 24.8 Å². The van der Waals surface area contributed by atoms with Gasteiger partial charge in [-0.2, -0.15) is 0 Å². The summed E-state index contributed by atoms with van der Waals surface area (Å²) in [6.07, 6.45) is 5.19. The number of hydrogen-bond acceptors (Lipinski definition) is 3. The topological polar surface area (TPSA) is 58.4 Å². The van der Waals surface area contributed by atoms with E-state index < -0.39 is 0 Å². The van der Waals surface area contributed by atoms with E-state index in [2.05, 4.69) is 17.3 Å². The van der Waals surface area contributed by atoms with Gasteiger partial charge < -0.3 is 16.0 Å². The first-order valence-corrected chi connectivity index (χ1v) is 7.49. The number of nitrogens with two attached hydrogens (primary N) is 1. The molecule has 0 spiro atoms. The Hall–Kier alpha value is -0.680. The highest BCUT2D eigenvalue weighted by Gasteiger charge is 2.19. The fourth-order valence-electron chi connectivity index (χ4n) is 2.68. The van der Waals surface area contributed by atoms with E-state index in [1.54, 1.807) is 18.2 Å². The van der Waals surface area contributed by atoms with E-state index >= 15 is 0 Å². The summed E-state index contributed by atoms with van der Waals surface area (Å²) in [4.78, 5) is 14.4. The first kappa shape index (κ1) is 21.3. The molecular weight excluding hydrogens is 345 g/mol. The molecule has 1 aromatic rings. The number of likely N-dealkylation sites (N-methyl/N-ethyl adjacent to an activating group) is 1. The van der Waals surface area contributed by atoms with Crippen LogP contribution in [0.25, 0.3) is 0 Å². The van der Waals surface area contributed by atoms with E-state index in [1.807, 2.05) is 0 Å². The Morgan fingerprint density at radius 3 is 2.59 bits per heavy atom. The monoisotopic (exact) mass is 367 g/mol. The number of hydrogen-bond donors (Lipinski definition) is 2. The summed E-state index contributed by atoms with van der Waals surface area (Å²) in [5.41, 5.74) is 6.65. The maximum Gasteiger partial charge on any atom is 0.252 e. The first-order chi connectivity index (χ1) is 9.58. The maximum absolute atomic E-state index is 12.0. The van der Waals surface area contributed by atoms with Crippen molar-refractivity contribution in [2.24, 2.45) is 0 Å². The minimum Gasteiger partial charge on any atom is -0.399 e. The van der Waals surface area contributed by atoms with Crippen molar-refractivity contribution in [3.63, 3.8) is 0 Å². The highest BCUT2D eigenvalue weighted by atomic mass is 35.5. The Labute approximate surface area is 149 Å². The number of benzene rings is 1. The largest absolute Gasteiger partial charge is 0.399 e. The molecule has 0 radical (unpaired) electrons. The smallest absolute Gasteiger partial charge is 0.252 e. The lowest BCUT2D eigenvalue weighted by atomic mass is 10.2. The Balaban J connectivity index is 0.00000220. The lowest BCUT2D eigenvalue weighted by Crippen LogP contribution is -2.37. The van der Waals surface area contributed by atoms with Crippen LogP contribution in [0.15, 0.2) is 18.2 Å². The molecule has 3 N–H and O–H groups in total. The molecule has 2 rings (SSSR count). The highest BCUT2D eigenvalue weighted by molar-refractivity contribution is 6.34. The van der Waals surface area contributed by atoms with Gasteiger partial charge in [-0.1, -0.05) is 24.4 Å². The lowest BCUT2D eigenvalue weighted by molar-refractivity contribution is 0.0947. The Bertz CT molecular complexity index is 479. The molecular formula is C15H24Cl3N3O. The van der Waals surface area contributed by atoms with E-state index in [-0.39, 0.29) is 30.7 Å². The van der Waals surface area contributed by atoms with Crippen molar-refractivity contribution in [2.45, 2.75) is 31.7 Å². The van der Waals surface area contributed by atoms with Crippen molar-refractivity contribution >= 4 is 48.0 Å². The van der Waals surface area contributed by atoms with Crippen molar-refractivity contribution in [2.75, 3.05) is 25.9 Å². The molecule has 4 nitrogen and oxygen atoms in total. The normalized spacial score (nSPS) is 14.3. The second-order valence-corrected chi connectivity index (χ2v) is 5.82. The Morgan fingerprint density at radius 1 is 1.36 bits per heavy atom. The van der Waals surface area contributed by atoms with Gasteiger partial charge in [0.25, 0.3) is 5.91 Å². The third-order valence-corrected chi connectivity index (χ3v) is 4.25. The van der Waals surface area contributed by atoms with Gasteiger partial charge in [0.1, 0.15) is 0 Å². The van der Waals surface area contributed by atoms with Crippen LogP contribution >= 0.6 is 36.4 Å². The van der Waals surface area contributed by atoms with E-state index in [4.69, 9.17) is 17.3 Å². The van der Waals surface area contributed by atoms with Crippen LogP contribution in [-0.2, 0) is 0 Å². The van der Waals surface area contributed by atoms with Crippen LogP contribution in [0.4, 0.5) is 5.69 Å². The van der Waals surface area contributed by atoms with Crippen LogP contribution in [-0.4, -0.2) is 37.0 Å². The van der Waals surface area contributed by atoms with Crippen LogP contribution in [0.1, 0.15) is 36.0 Å². The molecule has 0 aliphatic heterocycles. The number of nitrogens with one attached hydrogen (secondary N) is 1. The van der Waals surface area contributed by atoms with Crippen LogP contribution in [0.5, 0.6) is 0 Å². The van der Waals surface area contributed by atoms with Crippen molar-refractivity contribution in [1.82, 2.24) is 10.2 Å². The van der Waals surface area contributed by atoms with Gasteiger partial charge in [0.05, 0.1) is 10.6 Å². The molecule has 22 heavy (non-hydrogen) atoms. The van der Waals surface area contributed by atoms with Crippen LogP contribution in [0.3, 0.4) is 0 Å². The average molecular weight is 369 g/mol. The van der Waals surface area contributed by atoms with E-state index in [1.165, 1.54) is 25.7 Å². The van der Waals surface area contributed by atoms with E-state index in [0.717, 1.165) is 6.54 Å². The highest BCUT2D eigenvalue weighted by Crippen LogP contribution is 2.22. The number of nitrogens with zero attached hydrogens (tertiary/aromatic N) is 1. The summed E-state index contributed by atoms with van der Waals surface area (Å²) in [7, 11) is 2.12. The summed E-state index contributed by atoms with van der Waals surface area (Å²) in [6, 6.07) is 5.62. The molecule has 126 valence electrons. The van der Waals surface area contributed by atoms with E-state index in [0.29, 0.717) is 28.9 Å². The van der Waals surface area contributed by atoms with Gasteiger partial charge in [-0.25, -0.2) is 0 Å². The second kappa shape index (κ2) is 10.2. The molecule has 0 atom stereocenters. The van der Waals surface area contributed by atoms with Gasteiger partial charge in [-0.3, -0.25) is 4.79 Å². The SMILES string of the molecule is CN(CCNC(=O)c1ccc(N)cc1Cl)C1CCCC1.Cl.Cl. The maximum atomic E-state index is 12.0. The summed E-state index contributed by atoms with van der Waals surface area (Å²) in [5, 5.41) is 3.30. The molecule has 7 heteroatoms. The molecule has 0 aromatic heterocycles. The standard InChI is InChI=1S/C15H22ClN3O.2ClH/c1-19(12-4-2-3-5-12)9-8-18-15(20)13-7-6-11(17)10-14(13)16;;/h6-7,10,12H,2-5,8-9,17H2,1H3,(H,18,20);2*1H. The number of anilines is 1. The fraction of sp³-hybridized carbons (Fsp3) is 0.533. The predicted octanol–water partition coefficient (Wildman–Crippen LogP) is 3.37. The summed E-state index contributed by atoms with van der Waals surface area (Å²) >= 11 is 6.02. The number of carbonyl (C=O) groups excluding carboxylic acids is 1. The van der Waals surface area contributed by atoms with Crippen molar-refractivity contribution < 1.29 is 4.79 Å². The zero-order valence-corrected chi connectivity index (χ0v) is 15.1. The molecule has 0 heterocycles. The van der Waals surface area contributed by atoms with Crippen molar-refractivity contribution in [3.8, 4) is 0 Å². The Morgan fingerprint density at radius 2 is 2.00 bits per heavy atom. The number of carbonyl (C=O) groups is 1. The van der Waals surface area contributed by atoms with Gasteiger partial charge in [-0.05, 0) is 38.1 Å². The minimum absolute atomic E-state index is 0. The van der Waals surface area contributed by atoms with Gasteiger partial charge in [0.15, 0.2) is 0 Å². The average Bonchev–Trinajstić information content (AvgIpc) is 2.92. The molecule has 1 saturated carbocycles. The quantitative estimate of drug-likeness (QED) is 0.783. The van der Waals surface area contributed by atoms with Gasteiger partial charge in [-0.15, -0.1) is 24.8 Å². The van der Waals surface area contributed by atoms with Crippen molar-refractivity contribution in [1.29, 1.82) is 0 Å². The summed E-state index contributed by atoms with van der Waals surface area (Å²) in [6.45, 7) is 1.50. The van der Waals surface area contributed by atoms with Crippen LogP contribution < -0.4 is 11.1 Å². The zero-order chi connectivity index (χ0) is 14.5. The molecule has 1 amide bonds.